The van der Waals surface area contributed by atoms with Crippen molar-refractivity contribution in [3.8, 4) is 0 Å². The van der Waals surface area contributed by atoms with Crippen molar-refractivity contribution in [2.75, 3.05) is 13.1 Å². The highest BCUT2D eigenvalue weighted by molar-refractivity contribution is 6.08. The van der Waals surface area contributed by atoms with Crippen LogP contribution < -0.4 is 5.32 Å². The fraction of sp³-hybridized carbons (Fsp3) is 0.188. The monoisotopic (exact) mass is 301 g/mol. The van der Waals surface area contributed by atoms with Crippen LogP contribution in [-0.2, 0) is 0 Å². The van der Waals surface area contributed by atoms with Gasteiger partial charge in [-0.05, 0) is 36.7 Å². The normalized spacial score (nSPS) is 14.5. The topological polar surface area (TPSA) is 54.9 Å². The number of carbonyl (C=O) groups is 1. The number of benzene rings is 1. The molecule has 6 heteroatoms. The van der Waals surface area contributed by atoms with E-state index in [1.165, 1.54) is 18.5 Å². The molecule has 0 radical (unpaired) electrons. The van der Waals surface area contributed by atoms with Gasteiger partial charge in [-0.2, -0.15) is 0 Å². The van der Waals surface area contributed by atoms with E-state index in [0.717, 1.165) is 37.2 Å². The molecule has 0 aliphatic carbocycles. The molecular weight excluding hydrogens is 288 g/mol. The molecule has 3 rings (SSSR count). The third-order valence-corrected chi connectivity index (χ3v) is 3.45. The van der Waals surface area contributed by atoms with Crippen LogP contribution in [0.1, 0.15) is 28.2 Å². The third kappa shape index (κ3) is 2.92. The van der Waals surface area contributed by atoms with Crippen LogP contribution in [0.5, 0.6) is 0 Å². The van der Waals surface area contributed by atoms with E-state index in [-0.39, 0.29) is 11.1 Å². The number of hydrogen-bond donors (Lipinski definition) is 1. The molecule has 2 heterocycles. The van der Waals surface area contributed by atoms with Crippen molar-refractivity contribution in [3.05, 3.63) is 65.3 Å². The van der Waals surface area contributed by atoms with Crippen molar-refractivity contribution in [2.24, 2.45) is 0 Å². The van der Waals surface area contributed by atoms with Crippen molar-refractivity contribution >= 4 is 11.4 Å². The Bertz CT molecular complexity index is 742. The van der Waals surface area contributed by atoms with E-state index in [9.17, 15) is 13.6 Å². The largest absolute Gasteiger partial charge is 0.313 e. The Kier molecular flexibility index (Phi) is 4.02. The van der Waals surface area contributed by atoms with E-state index in [1.54, 1.807) is 0 Å². The number of hydrogen-bond acceptors (Lipinski definition) is 4. The smallest absolute Gasteiger partial charge is 0.196 e. The fourth-order valence-corrected chi connectivity index (χ4v) is 2.24. The van der Waals surface area contributed by atoms with Gasteiger partial charge in [-0.3, -0.25) is 4.79 Å². The van der Waals surface area contributed by atoms with E-state index in [4.69, 9.17) is 0 Å². The number of nitrogens with zero attached hydrogens (tertiary/aromatic N) is 2. The van der Waals surface area contributed by atoms with Gasteiger partial charge in [0.2, 0.25) is 0 Å². The molecule has 1 aromatic heterocycles. The summed E-state index contributed by atoms with van der Waals surface area (Å²) in [6.45, 7) is 1.64. The van der Waals surface area contributed by atoms with E-state index in [0.29, 0.717) is 5.82 Å². The van der Waals surface area contributed by atoms with Crippen LogP contribution in [0.3, 0.4) is 0 Å². The Hall–Kier alpha value is -2.47. The summed E-state index contributed by atoms with van der Waals surface area (Å²) >= 11 is 0. The zero-order valence-corrected chi connectivity index (χ0v) is 11.6. The second-order valence-corrected chi connectivity index (χ2v) is 4.94. The molecule has 1 aliphatic rings. The van der Waals surface area contributed by atoms with Crippen LogP contribution >= 0.6 is 0 Å². The summed E-state index contributed by atoms with van der Waals surface area (Å²) in [7, 11) is 0. The van der Waals surface area contributed by atoms with Gasteiger partial charge in [0.25, 0.3) is 0 Å². The van der Waals surface area contributed by atoms with Gasteiger partial charge in [-0.25, -0.2) is 18.7 Å². The van der Waals surface area contributed by atoms with Crippen LogP contribution in [0, 0.1) is 11.6 Å². The molecule has 0 amide bonds. The lowest BCUT2D eigenvalue weighted by molar-refractivity contribution is 0.103. The molecule has 4 nitrogen and oxygen atoms in total. The SMILES string of the molecule is O=C(c1cnc(C2=CCNCC2)nc1)c1ccc(F)c(F)c1. The average Bonchev–Trinajstić information content (AvgIpc) is 2.58. The zero-order chi connectivity index (χ0) is 15.5. The van der Waals surface area contributed by atoms with Crippen LogP contribution in [-0.4, -0.2) is 28.8 Å². The lowest BCUT2D eigenvalue weighted by atomic mass is 10.1. The Morgan fingerprint density at radius 3 is 2.50 bits per heavy atom. The number of ketones is 1. The quantitative estimate of drug-likeness (QED) is 0.884. The molecule has 0 saturated heterocycles. The summed E-state index contributed by atoms with van der Waals surface area (Å²) in [6.07, 6.45) is 5.66. The van der Waals surface area contributed by atoms with Gasteiger partial charge in [0, 0.05) is 24.5 Å². The van der Waals surface area contributed by atoms with E-state index >= 15 is 0 Å². The molecule has 112 valence electrons. The van der Waals surface area contributed by atoms with Crippen LogP contribution in [0.15, 0.2) is 36.7 Å². The molecule has 2 aromatic rings. The zero-order valence-electron chi connectivity index (χ0n) is 11.6. The molecule has 0 unspecified atom stereocenters. The molecule has 0 saturated carbocycles. The molecule has 0 atom stereocenters. The van der Waals surface area contributed by atoms with Gasteiger partial charge >= 0.3 is 0 Å². The maximum atomic E-state index is 13.2. The fourth-order valence-electron chi connectivity index (χ4n) is 2.24. The molecule has 1 aromatic carbocycles. The van der Waals surface area contributed by atoms with Gasteiger partial charge in [0.05, 0.1) is 5.56 Å². The predicted octanol–water partition coefficient (Wildman–Crippen LogP) is 2.36. The Morgan fingerprint density at radius 2 is 1.86 bits per heavy atom. The molecule has 22 heavy (non-hydrogen) atoms. The van der Waals surface area contributed by atoms with Crippen LogP contribution in [0.2, 0.25) is 0 Å². The van der Waals surface area contributed by atoms with Crippen molar-refractivity contribution in [1.29, 1.82) is 0 Å². The number of halogens is 2. The second-order valence-electron chi connectivity index (χ2n) is 4.94. The summed E-state index contributed by atoms with van der Waals surface area (Å²) < 4.78 is 26.1. The van der Waals surface area contributed by atoms with Gasteiger partial charge in [0.1, 0.15) is 0 Å². The van der Waals surface area contributed by atoms with Gasteiger partial charge < -0.3 is 5.32 Å². The minimum absolute atomic E-state index is 0.0660. The van der Waals surface area contributed by atoms with Crippen molar-refractivity contribution < 1.29 is 13.6 Å². The lowest BCUT2D eigenvalue weighted by Gasteiger charge is -2.12. The maximum absolute atomic E-state index is 13.2. The first-order valence-corrected chi connectivity index (χ1v) is 6.87. The number of nitrogens with one attached hydrogen (secondary N) is 1. The van der Waals surface area contributed by atoms with Crippen LogP contribution in [0.25, 0.3) is 5.57 Å². The number of carbonyl (C=O) groups excluding carboxylic acids is 1. The van der Waals surface area contributed by atoms with Crippen molar-refractivity contribution in [3.63, 3.8) is 0 Å². The summed E-state index contributed by atoms with van der Waals surface area (Å²) in [6, 6.07) is 3.04. The predicted molar refractivity (Wildman–Crippen MR) is 77.3 cm³/mol. The average molecular weight is 301 g/mol. The first-order chi connectivity index (χ1) is 10.6. The van der Waals surface area contributed by atoms with Crippen molar-refractivity contribution in [1.82, 2.24) is 15.3 Å². The number of aromatic nitrogens is 2. The Morgan fingerprint density at radius 1 is 1.09 bits per heavy atom. The van der Waals surface area contributed by atoms with Gasteiger partial charge in [-0.1, -0.05) is 6.08 Å². The Labute approximate surface area is 125 Å². The molecular formula is C16H13F2N3O. The third-order valence-electron chi connectivity index (χ3n) is 3.45. The van der Waals surface area contributed by atoms with E-state index in [2.05, 4.69) is 15.3 Å². The number of rotatable bonds is 3. The first-order valence-electron chi connectivity index (χ1n) is 6.87. The summed E-state index contributed by atoms with van der Waals surface area (Å²) in [5, 5.41) is 3.19. The highest BCUT2D eigenvalue weighted by atomic mass is 19.2. The molecule has 0 fully saturated rings. The molecule has 0 spiro atoms. The summed E-state index contributed by atoms with van der Waals surface area (Å²) in [5.41, 5.74) is 1.34. The minimum atomic E-state index is -1.05. The highest BCUT2D eigenvalue weighted by Gasteiger charge is 2.14. The van der Waals surface area contributed by atoms with Gasteiger partial charge in [0.15, 0.2) is 23.2 Å². The van der Waals surface area contributed by atoms with E-state index in [1.807, 2.05) is 6.08 Å². The first kappa shape index (κ1) is 14.5. The molecule has 1 aliphatic heterocycles. The maximum Gasteiger partial charge on any atom is 0.196 e. The highest BCUT2D eigenvalue weighted by Crippen LogP contribution is 2.17. The standard InChI is InChI=1S/C16H13F2N3O/c17-13-2-1-11(7-14(13)18)15(22)12-8-20-16(21-9-12)10-3-5-19-6-4-10/h1-3,7-9,19H,4-6H2. The molecule has 1 N–H and O–H groups in total. The summed E-state index contributed by atoms with van der Waals surface area (Å²) in [4.78, 5) is 20.6. The minimum Gasteiger partial charge on any atom is -0.313 e. The summed E-state index contributed by atoms with van der Waals surface area (Å²) in [5.74, 6) is -1.89. The lowest BCUT2D eigenvalue weighted by Crippen LogP contribution is -2.20. The molecule has 0 bridgehead atoms. The van der Waals surface area contributed by atoms with E-state index < -0.39 is 17.4 Å². The second kappa shape index (κ2) is 6.11. The Balaban J connectivity index is 1.84. The van der Waals surface area contributed by atoms with Crippen molar-refractivity contribution in [2.45, 2.75) is 6.42 Å². The van der Waals surface area contributed by atoms with Crippen LogP contribution in [0.4, 0.5) is 8.78 Å². The van der Waals surface area contributed by atoms with Gasteiger partial charge in [-0.15, -0.1) is 0 Å².